The van der Waals surface area contributed by atoms with E-state index in [1.165, 1.54) is 0 Å². The Hall–Kier alpha value is 0.500. The summed E-state index contributed by atoms with van der Waals surface area (Å²) in [6.07, 6.45) is 2.13. The lowest BCUT2D eigenvalue weighted by molar-refractivity contribution is -0.870. The summed E-state index contributed by atoms with van der Waals surface area (Å²) in [5, 5.41) is 0.0894. The van der Waals surface area contributed by atoms with Crippen LogP contribution < -0.4 is 0 Å². The monoisotopic (exact) mass is 255 g/mol. The molecular weight excluding hydrogens is 231 g/mol. The van der Waals surface area contributed by atoms with Crippen LogP contribution in [-0.4, -0.2) is 68.5 Å². The number of rotatable bonds is 7. The fourth-order valence-corrected chi connectivity index (χ4v) is 1.81. The standard InChI is InChI=1S/C11H25Cl2N2/c1-14(2)11(8-10(13)9-12)6-7-15(3,4)5/h10-11H,6-9H2,1-5H3/q+1. The Labute approximate surface area is 105 Å². The summed E-state index contributed by atoms with van der Waals surface area (Å²) >= 11 is 11.8. The van der Waals surface area contributed by atoms with Crippen molar-refractivity contribution in [2.45, 2.75) is 24.3 Å². The van der Waals surface area contributed by atoms with E-state index in [2.05, 4.69) is 40.1 Å². The van der Waals surface area contributed by atoms with Crippen molar-refractivity contribution >= 4 is 23.2 Å². The van der Waals surface area contributed by atoms with Gasteiger partial charge in [0.1, 0.15) is 0 Å². The molecule has 92 valence electrons. The van der Waals surface area contributed by atoms with Gasteiger partial charge in [0, 0.05) is 23.7 Å². The topological polar surface area (TPSA) is 3.24 Å². The van der Waals surface area contributed by atoms with E-state index in [0.717, 1.165) is 23.9 Å². The molecule has 2 nitrogen and oxygen atoms in total. The highest BCUT2D eigenvalue weighted by Gasteiger charge is 2.19. The lowest BCUT2D eigenvalue weighted by Crippen LogP contribution is -2.40. The normalized spacial score (nSPS) is 16.8. The van der Waals surface area contributed by atoms with Gasteiger partial charge < -0.3 is 9.38 Å². The molecular formula is C11H25Cl2N2+. The van der Waals surface area contributed by atoms with Gasteiger partial charge in [0.05, 0.1) is 27.7 Å². The van der Waals surface area contributed by atoms with Gasteiger partial charge in [-0.3, -0.25) is 0 Å². The Bertz CT molecular complexity index is 166. The Morgan fingerprint density at radius 1 is 1.20 bits per heavy atom. The molecule has 0 rings (SSSR count). The molecule has 0 bridgehead atoms. The summed E-state index contributed by atoms with van der Waals surface area (Å²) in [4.78, 5) is 2.25. The minimum absolute atomic E-state index is 0.0894. The van der Waals surface area contributed by atoms with Crippen molar-refractivity contribution in [3.05, 3.63) is 0 Å². The number of quaternary nitrogens is 1. The third-order valence-electron chi connectivity index (χ3n) is 2.56. The third kappa shape index (κ3) is 8.32. The average molecular weight is 256 g/mol. The molecule has 0 radical (unpaired) electrons. The molecule has 0 aromatic heterocycles. The summed E-state index contributed by atoms with van der Waals surface area (Å²) < 4.78 is 0.998. The van der Waals surface area contributed by atoms with E-state index >= 15 is 0 Å². The summed E-state index contributed by atoms with van der Waals surface area (Å²) in [7, 11) is 10.9. The first-order valence-corrected chi connectivity index (χ1v) is 6.40. The van der Waals surface area contributed by atoms with Crippen LogP contribution in [0.5, 0.6) is 0 Å². The molecule has 0 heterocycles. The van der Waals surface area contributed by atoms with Crippen LogP contribution in [0.15, 0.2) is 0 Å². The van der Waals surface area contributed by atoms with Crippen LogP contribution in [0, 0.1) is 0 Å². The quantitative estimate of drug-likeness (QED) is 0.499. The molecule has 0 fully saturated rings. The van der Waals surface area contributed by atoms with Crippen molar-refractivity contribution in [3.8, 4) is 0 Å². The molecule has 0 aliphatic heterocycles. The molecule has 0 aromatic rings. The average Bonchev–Trinajstić information content (AvgIpc) is 2.09. The maximum atomic E-state index is 6.09. The van der Waals surface area contributed by atoms with Gasteiger partial charge >= 0.3 is 0 Å². The number of alkyl halides is 2. The highest BCUT2D eigenvalue weighted by Crippen LogP contribution is 2.15. The van der Waals surface area contributed by atoms with Gasteiger partial charge in [-0.2, -0.15) is 0 Å². The molecule has 4 heteroatoms. The summed E-state index contributed by atoms with van der Waals surface area (Å²) in [5.74, 6) is 0.538. The van der Waals surface area contributed by atoms with Crippen LogP contribution in [0.1, 0.15) is 12.8 Å². The van der Waals surface area contributed by atoms with Gasteiger partial charge in [0.2, 0.25) is 0 Å². The second-order valence-electron chi connectivity index (χ2n) is 5.41. The molecule has 2 unspecified atom stereocenters. The van der Waals surface area contributed by atoms with Crippen molar-refractivity contribution in [2.75, 3.05) is 47.7 Å². The summed E-state index contributed by atoms with van der Waals surface area (Å²) in [6.45, 7) is 1.16. The van der Waals surface area contributed by atoms with Gasteiger partial charge in [0.15, 0.2) is 0 Å². The van der Waals surface area contributed by atoms with E-state index < -0.39 is 0 Å². The van der Waals surface area contributed by atoms with Gasteiger partial charge in [-0.25, -0.2) is 0 Å². The highest BCUT2D eigenvalue weighted by atomic mass is 35.5. The molecule has 0 aromatic carbocycles. The minimum atomic E-state index is 0.0894. The van der Waals surface area contributed by atoms with Crippen molar-refractivity contribution in [1.29, 1.82) is 0 Å². The molecule has 15 heavy (non-hydrogen) atoms. The van der Waals surface area contributed by atoms with E-state index in [0.29, 0.717) is 11.9 Å². The lowest BCUT2D eigenvalue weighted by atomic mass is 10.1. The largest absolute Gasteiger partial charge is 0.331 e. The van der Waals surface area contributed by atoms with Crippen LogP contribution >= 0.6 is 23.2 Å². The first-order chi connectivity index (χ1) is 6.76. The Morgan fingerprint density at radius 3 is 2.07 bits per heavy atom. The second-order valence-corrected chi connectivity index (χ2v) is 6.33. The first-order valence-electron chi connectivity index (χ1n) is 5.43. The second kappa shape index (κ2) is 6.95. The molecule has 0 aliphatic rings. The lowest BCUT2D eigenvalue weighted by Gasteiger charge is -2.30. The third-order valence-corrected chi connectivity index (χ3v) is 3.42. The van der Waals surface area contributed by atoms with Crippen molar-refractivity contribution in [2.24, 2.45) is 0 Å². The molecule has 0 saturated heterocycles. The smallest absolute Gasteiger partial charge is 0.0795 e. The van der Waals surface area contributed by atoms with E-state index in [1.807, 2.05) is 0 Å². The molecule has 2 atom stereocenters. The maximum Gasteiger partial charge on any atom is 0.0795 e. The minimum Gasteiger partial charge on any atom is -0.331 e. The van der Waals surface area contributed by atoms with Crippen molar-refractivity contribution in [3.63, 3.8) is 0 Å². The van der Waals surface area contributed by atoms with Crippen LogP contribution in [0.25, 0.3) is 0 Å². The zero-order valence-corrected chi connectivity index (χ0v) is 12.1. The van der Waals surface area contributed by atoms with Crippen molar-refractivity contribution < 1.29 is 4.48 Å². The van der Waals surface area contributed by atoms with E-state index in [1.54, 1.807) is 0 Å². The predicted molar refractivity (Wildman–Crippen MR) is 70.0 cm³/mol. The Balaban J connectivity index is 4.05. The zero-order valence-electron chi connectivity index (χ0n) is 10.6. The number of nitrogens with zero attached hydrogens (tertiary/aromatic N) is 2. The van der Waals surface area contributed by atoms with Gasteiger partial charge in [0.25, 0.3) is 0 Å². The molecule has 0 N–H and O–H groups in total. The zero-order chi connectivity index (χ0) is 12.1. The van der Waals surface area contributed by atoms with Crippen molar-refractivity contribution in [1.82, 2.24) is 4.90 Å². The summed E-state index contributed by atoms with van der Waals surface area (Å²) in [6, 6.07) is 0.531. The van der Waals surface area contributed by atoms with Gasteiger partial charge in [-0.15, -0.1) is 23.2 Å². The number of hydrogen-bond donors (Lipinski definition) is 0. The maximum absolute atomic E-state index is 6.09. The Kier molecular flexibility index (Phi) is 7.18. The molecule has 0 aliphatic carbocycles. The molecule has 0 spiro atoms. The van der Waals surface area contributed by atoms with Crippen LogP contribution in [0.4, 0.5) is 0 Å². The number of halogens is 2. The first kappa shape index (κ1) is 15.5. The predicted octanol–water partition coefficient (Wildman–Crippen LogP) is 2.25. The SMILES string of the molecule is CN(C)C(CC[N+](C)(C)C)CC(Cl)CCl. The van der Waals surface area contributed by atoms with E-state index in [-0.39, 0.29) is 5.38 Å². The summed E-state index contributed by atoms with van der Waals surface area (Å²) in [5.41, 5.74) is 0. The van der Waals surface area contributed by atoms with E-state index in [4.69, 9.17) is 23.2 Å². The molecule has 0 saturated carbocycles. The van der Waals surface area contributed by atoms with Gasteiger partial charge in [-0.1, -0.05) is 0 Å². The highest BCUT2D eigenvalue weighted by molar-refractivity contribution is 6.28. The van der Waals surface area contributed by atoms with Gasteiger partial charge in [-0.05, 0) is 20.5 Å². The van der Waals surface area contributed by atoms with Crippen LogP contribution in [0.2, 0.25) is 0 Å². The Morgan fingerprint density at radius 2 is 1.73 bits per heavy atom. The van der Waals surface area contributed by atoms with Crippen LogP contribution in [0.3, 0.4) is 0 Å². The van der Waals surface area contributed by atoms with E-state index in [9.17, 15) is 0 Å². The van der Waals surface area contributed by atoms with Crippen LogP contribution in [-0.2, 0) is 0 Å². The fourth-order valence-electron chi connectivity index (χ4n) is 1.48. The molecule has 0 amide bonds. The fraction of sp³-hybridized carbons (Fsp3) is 1.00. The number of hydrogen-bond acceptors (Lipinski definition) is 1.